The van der Waals surface area contributed by atoms with Crippen LogP contribution in [0, 0.1) is 0 Å². The molecule has 2 fully saturated rings. The normalized spacial score (nSPS) is 23.6. The van der Waals surface area contributed by atoms with Gasteiger partial charge in [0.05, 0.1) is 25.2 Å². The van der Waals surface area contributed by atoms with Crippen LogP contribution in [0.1, 0.15) is 65.9 Å². The average Bonchev–Trinajstić information content (AvgIpc) is 3.11. The lowest BCUT2D eigenvalue weighted by molar-refractivity contribution is -0.140. The Bertz CT molecular complexity index is 1050. The second kappa shape index (κ2) is 10.1. The molecule has 3 aliphatic rings. The zero-order valence-electron chi connectivity index (χ0n) is 19.4. The van der Waals surface area contributed by atoms with Crippen molar-refractivity contribution in [1.82, 2.24) is 14.8 Å². The Labute approximate surface area is 200 Å². The van der Waals surface area contributed by atoms with Crippen LogP contribution in [-0.2, 0) is 20.9 Å². The van der Waals surface area contributed by atoms with Crippen LogP contribution in [-0.4, -0.2) is 64.2 Å². The Morgan fingerprint density at radius 1 is 1.03 bits per heavy atom. The van der Waals surface area contributed by atoms with Crippen LogP contribution < -0.4 is 0 Å². The molecule has 2 atom stereocenters. The van der Waals surface area contributed by atoms with E-state index in [4.69, 9.17) is 4.74 Å². The van der Waals surface area contributed by atoms with Crippen LogP contribution in [0.2, 0.25) is 0 Å². The van der Waals surface area contributed by atoms with E-state index in [0.29, 0.717) is 25.3 Å². The van der Waals surface area contributed by atoms with Gasteiger partial charge in [0.15, 0.2) is 5.78 Å². The minimum Gasteiger partial charge on any atom is -0.370 e. The number of fused-ring (bicyclic) bond motifs is 1. The largest absolute Gasteiger partial charge is 0.370 e. The first-order chi connectivity index (χ1) is 16.6. The summed E-state index contributed by atoms with van der Waals surface area (Å²) in [6.07, 6.45) is 8.81. The molecule has 1 aliphatic heterocycles. The second-order valence-electron chi connectivity index (χ2n) is 9.62. The molecule has 7 nitrogen and oxygen atoms in total. The Morgan fingerprint density at radius 3 is 2.65 bits per heavy atom. The van der Waals surface area contributed by atoms with Crippen molar-refractivity contribution in [2.75, 3.05) is 19.6 Å². The van der Waals surface area contributed by atoms with Crippen molar-refractivity contribution in [3.8, 4) is 0 Å². The van der Waals surface area contributed by atoms with Gasteiger partial charge in [0, 0.05) is 43.5 Å². The van der Waals surface area contributed by atoms with Gasteiger partial charge in [0.2, 0.25) is 11.8 Å². The first-order valence-corrected chi connectivity index (χ1v) is 12.3. The van der Waals surface area contributed by atoms with Crippen LogP contribution in [0.15, 0.2) is 48.8 Å². The summed E-state index contributed by atoms with van der Waals surface area (Å²) in [6.45, 7) is 1.22. The third-order valence-electron chi connectivity index (χ3n) is 7.33. The standard InChI is InChI=1S/C27H31N3O4/c31-25-13-24(22-10-4-5-11-23(22)25)27(33)29-15-21(34-18-19-7-6-12-28-14-19)16-30(26(32)17-29)20-8-2-1-3-9-20/h4-7,10-12,14,20-21,24H,1-3,8-9,13,15-18H2/t21-,24+/m0/s1. The number of ether oxygens (including phenoxy) is 1. The van der Waals surface area contributed by atoms with E-state index in [0.717, 1.165) is 36.8 Å². The molecular formula is C27H31N3O4. The number of ketones is 1. The average molecular weight is 462 g/mol. The number of aromatic nitrogens is 1. The Kier molecular flexibility index (Phi) is 6.72. The summed E-state index contributed by atoms with van der Waals surface area (Å²) in [6, 6.07) is 11.3. The minimum absolute atomic E-state index is 0.0108. The van der Waals surface area contributed by atoms with E-state index in [2.05, 4.69) is 4.98 Å². The van der Waals surface area contributed by atoms with Gasteiger partial charge in [-0.3, -0.25) is 19.4 Å². The van der Waals surface area contributed by atoms with Gasteiger partial charge in [-0.2, -0.15) is 0 Å². The van der Waals surface area contributed by atoms with Crippen molar-refractivity contribution >= 4 is 17.6 Å². The van der Waals surface area contributed by atoms with Crippen LogP contribution in [0.4, 0.5) is 0 Å². The highest BCUT2D eigenvalue weighted by Gasteiger charge is 2.40. The molecule has 2 aromatic rings. The predicted molar refractivity (Wildman–Crippen MR) is 126 cm³/mol. The molecule has 2 heterocycles. The number of carbonyl (C=O) groups is 3. The zero-order chi connectivity index (χ0) is 23.5. The van der Waals surface area contributed by atoms with Gasteiger partial charge in [-0.25, -0.2) is 0 Å². The Morgan fingerprint density at radius 2 is 1.85 bits per heavy atom. The van der Waals surface area contributed by atoms with Crippen molar-refractivity contribution in [3.63, 3.8) is 0 Å². The third kappa shape index (κ3) is 4.75. The van der Waals surface area contributed by atoms with E-state index in [-0.39, 0.29) is 42.7 Å². The molecular weight excluding hydrogens is 430 g/mol. The van der Waals surface area contributed by atoms with E-state index < -0.39 is 5.92 Å². The fourth-order valence-corrected chi connectivity index (χ4v) is 5.56. The Hall–Kier alpha value is -3.06. The number of hydrogen-bond acceptors (Lipinski definition) is 5. The number of amides is 2. The van der Waals surface area contributed by atoms with Crippen molar-refractivity contribution in [3.05, 3.63) is 65.5 Å². The Balaban J connectivity index is 1.37. The summed E-state index contributed by atoms with van der Waals surface area (Å²) in [4.78, 5) is 47.2. The lowest BCUT2D eigenvalue weighted by Gasteiger charge is -2.34. The van der Waals surface area contributed by atoms with Crippen LogP contribution in [0.3, 0.4) is 0 Å². The van der Waals surface area contributed by atoms with Crippen LogP contribution in [0.5, 0.6) is 0 Å². The molecule has 0 unspecified atom stereocenters. The predicted octanol–water partition coefficient (Wildman–Crippen LogP) is 3.34. The van der Waals surface area contributed by atoms with Crippen molar-refractivity contribution in [2.45, 2.75) is 63.2 Å². The summed E-state index contributed by atoms with van der Waals surface area (Å²) in [5, 5.41) is 0. The van der Waals surface area contributed by atoms with Crippen molar-refractivity contribution in [2.24, 2.45) is 0 Å². The highest BCUT2D eigenvalue weighted by atomic mass is 16.5. The molecule has 178 valence electrons. The molecule has 2 aliphatic carbocycles. The molecule has 34 heavy (non-hydrogen) atoms. The molecule has 0 bridgehead atoms. The number of nitrogens with zero attached hydrogens (tertiary/aromatic N) is 3. The maximum atomic E-state index is 13.6. The second-order valence-corrected chi connectivity index (χ2v) is 9.62. The SMILES string of the molecule is O=C1C[C@@H](C(=O)N2CC(=O)N(C3CCCCC3)C[C@@H](OCc3cccnc3)C2)c2ccccc21. The van der Waals surface area contributed by atoms with Gasteiger partial charge in [-0.05, 0) is 30.0 Å². The number of Topliss-reactive ketones (excluding diaryl/α,β-unsaturated/α-hetero) is 1. The first-order valence-electron chi connectivity index (χ1n) is 12.3. The number of benzene rings is 1. The monoisotopic (exact) mass is 461 g/mol. The van der Waals surface area contributed by atoms with Crippen LogP contribution in [0.25, 0.3) is 0 Å². The molecule has 0 N–H and O–H groups in total. The van der Waals surface area contributed by atoms with E-state index in [9.17, 15) is 14.4 Å². The van der Waals surface area contributed by atoms with Crippen LogP contribution >= 0.6 is 0 Å². The number of pyridine rings is 1. The highest BCUT2D eigenvalue weighted by Crippen LogP contribution is 2.35. The van der Waals surface area contributed by atoms with E-state index >= 15 is 0 Å². The molecule has 2 amide bonds. The van der Waals surface area contributed by atoms with E-state index in [1.165, 1.54) is 6.42 Å². The van der Waals surface area contributed by atoms with E-state index in [1.54, 1.807) is 23.4 Å². The molecule has 1 aromatic carbocycles. The number of rotatable bonds is 5. The fraction of sp³-hybridized carbons (Fsp3) is 0.481. The summed E-state index contributed by atoms with van der Waals surface area (Å²) < 4.78 is 6.26. The fourth-order valence-electron chi connectivity index (χ4n) is 5.56. The smallest absolute Gasteiger partial charge is 0.242 e. The van der Waals surface area contributed by atoms with Gasteiger partial charge in [-0.1, -0.05) is 49.6 Å². The molecule has 0 spiro atoms. The molecule has 1 saturated carbocycles. The summed E-state index contributed by atoms with van der Waals surface area (Å²) in [7, 11) is 0. The molecule has 0 radical (unpaired) electrons. The molecule has 5 rings (SSSR count). The summed E-state index contributed by atoms with van der Waals surface area (Å²) >= 11 is 0. The van der Waals surface area contributed by atoms with Gasteiger partial charge in [-0.15, -0.1) is 0 Å². The highest BCUT2D eigenvalue weighted by molar-refractivity contribution is 6.07. The lowest BCUT2D eigenvalue weighted by Crippen LogP contribution is -2.46. The quantitative estimate of drug-likeness (QED) is 0.682. The number of hydrogen-bond donors (Lipinski definition) is 0. The van der Waals surface area contributed by atoms with Gasteiger partial charge < -0.3 is 14.5 Å². The van der Waals surface area contributed by atoms with Gasteiger partial charge >= 0.3 is 0 Å². The lowest BCUT2D eigenvalue weighted by atomic mass is 9.94. The van der Waals surface area contributed by atoms with Crippen molar-refractivity contribution in [1.29, 1.82) is 0 Å². The molecule has 1 aromatic heterocycles. The zero-order valence-corrected chi connectivity index (χ0v) is 19.4. The molecule has 1 saturated heterocycles. The number of carbonyl (C=O) groups excluding carboxylic acids is 3. The topological polar surface area (TPSA) is 79.8 Å². The summed E-state index contributed by atoms with van der Waals surface area (Å²) in [5.74, 6) is -0.725. The maximum absolute atomic E-state index is 13.6. The first kappa shape index (κ1) is 22.7. The van der Waals surface area contributed by atoms with Gasteiger partial charge in [0.25, 0.3) is 0 Å². The summed E-state index contributed by atoms with van der Waals surface area (Å²) in [5.41, 5.74) is 2.34. The third-order valence-corrected chi connectivity index (χ3v) is 7.33. The van der Waals surface area contributed by atoms with Crippen molar-refractivity contribution < 1.29 is 19.1 Å². The minimum atomic E-state index is -0.531. The maximum Gasteiger partial charge on any atom is 0.242 e. The molecule has 7 heteroatoms. The van der Waals surface area contributed by atoms with Gasteiger partial charge in [0.1, 0.15) is 0 Å². The van der Waals surface area contributed by atoms with E-state index in [1.807, 2.05) is 35.2 Å².